The molecule has 1 fully saturated rings. The van der Waals surface area contributed by atoms with Crippen LogP contribution in [-0.4, -0.2) is 25.0 Å². The Morgan fingerprint density at radius 1 is 1.05 bits per heavy atom. The molecule has 2 N–H and O–H groups in total. The van der Waals surface area contributed by atoms with Crippen LogP contribution in [0.2, 0.25) is 5.02 Å². The summed E-state index contributed by atoms with van der Waals surface area (Å²) in [5.41, 5.74) is 5.49. The number of hydrogen-bond donors (Lipinski definition) is 2. The van der Waals surface area contributed by atoms with Crippen LogP contribution < -0.4 is 10.6 Å². The van der Waals surface area contributed by atoms with E-state index in [-0.39, 0.29) is 12.1 Å². The summed E-state index contributed by atoms with van der Waals surface area (Å²) in [7, 11) is 0. The number of nitriles is 1. The van der Waals surface area contributed by atoms with Gasteiger partial charge in [0.1, 0.15) is 11.8 Å². The fraction of sp³-hybridized carbons (Fsp3) is 0.281. The Bertz CT molecular complexity index is 1670. The topological polar surface area (TPSA) is 104 Å². The normalized spacial score (nSPS) is 15.0. The van der Waals surface area contributed by atoms with Crippen molar-refractivity contribution in [1.82, 2.24) is 25.0 Å². The van der Waals surface area contributed by atoms with Gasteiger partial charge in [-0.05, 0) is 48.6 Å². The number of pyridine rings is 2. The van der Waals surface area contributed by atoms with Crippen LogP contribution >= 0.6 is 11.6 Å². The average Bonchev–Trinajstić information content (AvgIpc) is 3.72. The first kappa shape index (κ1) is 26.7. The Hall–Kier alpha value is -4.48. The summed E-state index contributed by atoms with van der Waals surface area (Å²) in [6.45, 7) is 2.12. The zero-order valence-corrected chi connectivity index (χ0v) is 23.6. The van der Waals surface area contributed by atoms with E-state index in [0.29, 0.717) is 27.8 Å². The van der Waals surface area contributed by atoms with Crippen LogP contribution in [0.5, 0.6) is 0 Å². The molecule has 0 amide bonds. The monoisotopic (exact) mass is 562 g/mol. The molecule has 5 aromatic rings. The van der Waals surface area contributed by atoms with Crippen molar-refractivity contribution in [3.8, 4) is 6.07 Å². The standard InChI is InChI=1S/C32H31ClN8/c1-2-28(21-9-4-3-5-10-21)38-30-23(17-34)19-36-32-26(30)15-24(16-27(32)33)37-31(22-11-8-14-35-18-22)29-20-41(40-39-29)25-12-6-7-13-25/h3-5,8-11,14-16,18-20,25,28,31,37H,2,6-7,12-13H2,1H3,(H,36,38). The number of fused-ring (bicyclic) bond motifs is 1. The van der Waals surface area contributed by atoms with Gasteiger partial charge in [-0.15, -0.1) is 5.10 Å². The maximum Gasteiger partial charge on any atom is 0.110 e. The molecule has 0 bridgehead atoms. The molecule has 1 saturated carbocycles. The molecule has 0 aliphatic heterocycles. The second-order valence-corrected chi connectivity index (χ2v) is 10.9. The van der Waals surface area contributed by atoms with E-state index >= 15 is 0 Å². The van der Waals surface area contributed by atoms with Crippen LogP contribution in [0.25, 0.3) is 10.9 Å². The molecule has 3 aromatic heterocycles. The van der Waals surface area contributed by atoms with E-state index in [9.17, 15) is 5.26 Å². The number of rotatable bonds is 9. The minimum Gasteiger partial charge on any atom is -0.377 e. The highest BCUT2D eigenvalue weighted by atomic mass is 35.5. The largest absolute Gasteiger partial charge is 0.377 e. The number of nitrogens with one attached hydrogen (secondary N) is 2. The predicted molar refractivity (Wildman–Crippen MR) is 162 cm³/mol. The molecule has 41 heavy (non-hydrogen) atoms. The van der Waals surface area contributed by atoms with Crippen molar-refractivity contribution >= 4 is 33.9 Å². The number of hydrogen-bond acceptors (Lipinski definition) is 7. The van der Waals surface area contributed by atoms with Crippen LogP contribution in [0.1, 0.15) is 79.5 Å². The zero-order valence-electron chi connectivity index (χ0n) is 22.8. The van der Waals surface area contributed by atoms with Gasteiger partial charge in [-0.2, -0.15) is 5.26 Å². The van der Waals surface area contributed by atoms with E-state index in [1.807, 2.05) is 59.5 Å². The quantitative estimate of drug-likeness (QED) is 0.190. The van der Waals surface area contributed by atoms with E-state index in [0.717, 1.165) is 47.2 Å². The van der Waals surface area contributed by atoms with Gasteiger partial charge in [-0.25, -0.2) is 4.68 Å². The number of nitrogens with zero attached hydrogens (tertiary/aromatic N) is 6. The van der Waals surface area contributed by atoms with Crippen molar-refractivity contribution in [2.45, 2.75) is 57.2 Å². The third kappa shape index (κ3) is 5.59. The molecule has 6 rings (SSSR count). The summed E-state index contributed by atoms with van der Waals surface area (Å²) in [5.74, 6) is 0. The van der Waals surface area contributed by atoms with Crippen molar-refractivity contribution in [1.29, 1.82) is 5.26 Å². The predicted octanol–water partition coefficient (Wildman–Crippen LogP) is 7.63. The van der Waals surface area contributed by atoms with Gasteiger partial charge in [0.2, 0.25) is 0 Å². The molecule has 8 nitrogen and oxygen atoms in total. The molecular formula is C32H31ClN8. The minimum absolute atomic E-state index is 0.0121. The zero-order chi connectivity index (χ0) is 28.2. The maximum atomic E-state index is 10.0. The molecule has 2 atom stereocenters. The van der Waals surface area contributed by atoms with Crippen molar-refractivity contribution in [2.75, 3.05) is 10.6 Å². The van der Waals surface area contributed by atoms with E-state index in [1.54, 1.807) is 12.4 Å². The molecule has 0 saturated heterocycles. The molecule has 1 aliphatic rings. The van der Waals surface area contributed by atoms with Crippen LogP contribution in [0, 0.1) is 11.3 Å². The summed E-state index contributed by atoms with van der Waals surface area (Å²) in [6.07, 6.45) is 12.7. The van der Waals surface area contributed by atoms with E-state index in [2.05, 4.69) is 56.0 Å². The Balaban J connectivity index is 1.41. The third-order valence-corrected chi connectivity index (χ3v) is 8.11. The highest BCUT2D eigenvalue weighted by Gasteiger charge is 2.24. The maximum absolute atomic E-state index is 10.0. The lowest BCUT2D eigenvalue weighted by Gasteiger charge is -2.22. The molecule has 0 radical (unpaired) electrons. The second-order valence-electron chi connectivity index (χ2n) is 10.5. The Morgan fingerprint density at radius 3 is 2.59 bits per heavy atom. The van der Waals surface area contributed by atoms with Gasteiger partial charge in [0, 0.05) is 29.7 Å². The fourth-order valence-corrected chi connectivity index (χ4v) is 5.94. The molecule has 1 aliphatic carbocycles. The van der Waals surface area contributed by atoms with E-state index < -0.39 is 0 Å². The lowest BCUT2D eigenvalue weighted by molar-refractivity contribution is 0.454. The summed E-state index contributed by atoms with van der Waals surface area (Å²) in [6, 6.07) is 20.4. The van der Waals surface area contributed by atoms with Crippen molar-refractivity contribution in [3.05, 3.63) is 107 Å². The third-order valence-electron chi connectivity index (χ3n) is 7.83. The lowest BCUT2D eigenvalue weighted by atomic mass is 10.0. The molecule has 9 heteroatoms. The van der Waals surface area contributed by atoms with Crippen LogP contribution in [0.4, 0.5) is 11.4 Å². The first-order chi connectivity index (χ1) is 20.1. The van der Waals surface area contributed by atoms with Gasteiger partial charge in [0.25, 0.3) is 0 Å². The minimum atomic E-state index is -0.302. The lowest BCUT2D eigenvalue weighted by Crippen LogP contribution is -2.14. The molecule has 3 heterocycles. The van der Waals surface area contributed by atoms with Gasteiger partial charge in [0.05, 0.1) is 46.1 Å². The van der Waals surface area contributed by atoms with E-state index in [4.69, 9.17) is 11.6 Å². The second kappa shape index (κ2) is 11.9. The van der Waals surface area contributed by atoms with E-state index in [1.165, 1.54) is 12.8 Å². The summed E-state index contributed by atoms with van der Waals surface area (Å²) in [5, 5.41) is 27.6. The Labute approximate surface area is 244 Å². The number of halogens is 1. The Morgan fingerprint density at radius 2 is 1.85 bits per heavy atom. The summed E-state index contributed by atoms with van der Waals surface area (Å²) >= 11 is 6.83. The van der Waals surface area contributed by atoms with Crippen LogP contribution in [-0.2, 0) is 0 Å². The van der Waals surface area contributed by atoms with Gasteiger partial charge in [-0.1, -0.05) is 73.0 Å². The number of benzene rings is 2. The van der Waals surface area contributed by atoms with Crippen LogP contribution in [0.15, 0.2) is 79.4 Å². The first-order valence-electron chi connectivity index (χ1n) is 14.1. The molecule has 2 unspecified atom stereocenters. The highest BCUT2D eigenvalue weighted by molar-refractivity contribution is 6.35. The summed E-state index contributed by atoms with van der Waals surface area (Å²) < 4.78 is 2.00. The number of anilines is 2. The Kier molecular flexibility index (Phi) is 7.79. The smallest absolute Gasteiger partial charge is 0.110 e. The fourth-order valence-electron chi connectivity index (χ4n) is 5.68. The van der Waals surface area contributed by atoms with Gasteiger partial charge >= 0.3 is 0 Å². The van der Waals surface area contributed by atoms with Gasteiger partial charge < -0.3 is 10.6 Å². The SMILES string of the molecule is CCC(Nc1c(C#N)cnc2c(Cl)cc(NC(c3cccnc3)c3cn(C4CCCC4)nn3)cc12)c1ccccc1. The van der Waals surface area contributed by atoms with Gasteiger partial charge in [0.15, 0.2) is 0 Å². The first-order valence-corrected chi connectivity index (χ1v) is 14.4. The average molecular weight is 563 g/mol. The van der Waals surface area contributed by atoms with Crippen molar-refractivity contribution < 1.29 is 0 Å². The van der Waals surface area contributed by atoms with Gasteiger partial charge in [-0.3, -0.25) is 9.97 Å². The summed E-state index contributed by atoms with van der Waals surface area (Å²) in [4.78, 5) is 8.90. The molecule has 2 aromatic carbocycles. The van der Waals surface area contributed by atoms with Crippen LogP contribution in [0.3, 0.4) is 0 Å². The van der Waals surface area contributed by atoms with Crippen molar-refractivity contribution in [3.63, 3.8) is 0 Å². The molecular weight excluding hydrogens is 532 g/mol. The number of aromatic nitrogens is 5. The van der Waals surface area contributed by atoms with Crippen molar-refractivity contribution in [2.24, 2.45) is 0 Å². The highest BCUT2D eigenvalue weighted by Crippen LogP contribution is 2.37. The molecule has 206 valence electrons. The molecule has 0 spiro atoms.